The summed E-state index contributed by atoms with van der Waals surface area (Å²) in [4.78, 5) is 10.8. The summed E-state index contributed by atoms with van der Waals surface area (Å²) in [5.41, 5.74) is 7.32. The second kappa shape index (κ2) is 9.54. The Bertz CT molecular complexity index is 856. The fraction of sp³-hybridized carbons (Fsp3) is 0.346. The summed E-state index contributed by atoms with van der Waals surface area (Å²) >= 11 is 0. The van der Waals surface area contributed by atoms with E-state index in [2.05, 4.69) is 64.1 Å². The Labute approximate surface area is 169 Å². The Morgan fingerprint density at radius 3 is 2.39 bits per heavy atom. The highest BCUT2D eigenvalue weighted by molar-refractivity contribution is 5.81. The van der Waals surface area contributed by atoms with E-state index in [1.807, 2.05) is 18.2 Å². The lowest BCUT2D eigenvalue weighted by atomic mass is 9.72. The molecular weight excluding hydrogens is 344 g/mol. The summed E-state index contributed by atoms with van der Waals surface area (Å²) in [6.45, 7) is 10.8. The molecule has 2 nitrogen and oxygen atoms in total. The van der Waals surface area contributed by atoms with Gasteiger partial charge < -0.3 is 5.11 Å². The lowest BCUT2D eigenvalue weighted by molar-refractivity contribution is -0.131. The molecule has 1 aromatic carbocycles. The fourth-order valence-electron chi connectivity index (χ4n) is 3.72. The molecule has 0 fully saturated rings. The lowest BCUT2D eigenvalue weighted by Crippen LogP contribution is -2.19. The lowest BCUT2D eigenvalue weighted by Gasteiger charge is -2.33. The molecule has 2 heteroatoms. The number of aryl methyl sites for hydroxylation is 1. The molecule has 0 radical (unpaired) electrons. The van der Waals surface area contributed by atoms with Crippen LogP contribution in [0.1, 0.15) is 58.1 Å². The van der Waals surface area contributed by atoms with Crippen LogP contribution in [0.25, 0.3) is 5.57 Å². The molecule has 0 heterocycles. The maximum Gasteiger partial charge on any atom is 0.328 e. The zero-order valence-corrected chi connectivity index (χ0v) is 17.8. The number of allylic oxidation sites excluding steroid dienone is 9. The van der Waals surface area contributed by atoms with Gasteiger partial charge in [0.15, 0.2) is 0 Å². The van der Waals surface area contributed by atoms with Gasteiger partial charge in [-0.2, -0.15) is 0 Å². The summed E-state index contributed by atoms with van der Waals surface area (Å²) in [5.74, 6) is -0.924. The molecule has 0 aliphatic heterocycles. The van der Waals surface area contributed by atoms with Gasteiger partial charge in [0, 0.05) is 6.08 Å². The third kappa shape index (κ3) is 6.23. The number of aliphatic carboxylic acids is 1. The third-order valence-electron chi connectivity index (χ3n) is 5.34. The number of hydrogen-bond donors (Lipinski definition) is 1. The van der Waals surface area contributed by atoms with Crippen molar-refractivity contribution >= 4 is 11.5 Å². The first-order valence-corrected chi connectivity index (χ1v) is 9.94. The molecule has 0 bridgehead atoms. The first-order valence-electron chi connectivity index (χ1n) is 9.94. The van der Waals surface area contributed by atoms with Crippen molar-refractivity contribution in [2.75, 3.05) is 0 Å². The van der Waals surface area contributed by atoms with Crippen LogP contribution >= 0.6 is 0 Å². The Morgan fingerprint density at radius 2 is 1.79 bits per heavy atom. The smallest absolute Gasteiger partial charge is 0.328 e. The molecule has 0 saturated heterocycles. The fourth-order valence-corrected chi connectivity index (χ4v) is 3.72. The minimum Gasteiger partial charge on any atom is -0.478 e. The van der Waals surface area contributed by atoms with Crippen molar-refractivity contribution in [2.24, 2.45) is 5.41 Å². The number of carboxylic acid groups (broad SMARTS) is 1. The van der Waals surface area contributed by atoms with Gasteiger partial charge in [-0.1, -0.05) is 79.6 Å². The molecule has 0 saturated carbocycles. The van der Waals surface area contributed by atoms with E-state index in [1.54, 1.807) is 6.92 Å². The first-order chi connectivity index (χ1) is 13.2. The molecule has 1 aliphatic rings. The van der Waals surface area contributed by atoms with E-state index >= 15 is 0 Å². The molecule has 2 rings (SSSR count). The Morgan fingerprint density at radius 1 is 1.11 bits per heavy atom. The van der Waals surface area contributed by atoms with Crippen molar-refractivity contribution in [3.05, 3.63) is 88.6 Å². The van der Waals surface area contributed by atoms with Gasteiger partial charge in [-0.15, -0.1) is 0 Å². The Hall–Kier alpha value is -2.61. The highest BCUT2D eigenvalue weighted by Crippen LogP contribution is 2.41. The molecule has 0 spiro atoms. The maximum absolute atomic E-state index is 10.8. The largest absolute Gasteiger partial charge is 0.478 e. The molecule has 0 aromatic heterocycles. The quantitative estimate of drug-likeness (QED) is 0.427. The van der Waals surface area contributed by atoms with Gasteiger partial charge in [0.25, 0.3) is 0 Å². The Balaban J connectivity index is 2.39. The Kier molecular flexibility index (Phi) is 7.39. The summed E-state index contributed by atoms with van der Waals surface area (Å²) in [6.07, 6.45) is 15.1. The maximum atomic E-state index is 10.8. The predicted octanol–water partition coefficient (Wildman–Crippen LogP) is 7.05. The number of rotatable bonds is 6. The number of carbonyl (C=O) groups is 1. The minimum atomic E-state index is -0.924. The topological polar surface area (TPSA) is 37.3 Å². The van der Waals surface area contributed by atoms with Crippen molar-refractivity contribution in [2.45, 2.75) is 53.9 Å². The molecule has 1 aromatic rings. The average Bonchev–Trinajstić information content (AvgIpc) is 2.59. The zero-order valence-electron chi connectivity index (χ0n) is 17.8. The summed E-state index contributed by atoms with van der Waals surface area (Å²) < 4.78 is 0. The minimum absolute atomic E-state index is 0.202. The van der Waals surface area contributed by atoms with Gasteiger partial charge in [-0.3, -0.25) is 0 Å². The van der Waals surface area contributed by atoms with Gasteiger partial charge >= 0.3 is 5.97 Å². The van der Waals surface area contributed by atoms with E-state index in [1.165, 1.54) is 42.0 Å². The number of benzene rings is 1. The van der Waals surface area contributed by atoms with Crippen LogP contribution in [-0.4, -0.2) is 11.1 Å². The van der Waals surface area contributed by atoms with Crippen LogP contribution in [0.4, 0.5) is 0 Å². The molecule has 1 aliphatic carbocycles. The van der Waals surface area contributed by atoms with Crippen LogP contribution in [0.3, 0.4) is 0 Å². The van der Waals surface area contributed by atoms with Gasteiger partial charge in [-0.05, 0) is 67.7 Å². The van der Waals surface area contributed by atoms with Gasteiger partial charge in [0.2, 0.25) is 0 Å². The van der Waals surface area contributed by atoms with Crippen LogP contribution in [0, 0.1) is 12.3 Å². The molecule has 148 valence electrons. The van der Waals surface area contributed by atoms with Crippen molar-refractivity contribution in [1.29, 1.82) is 0 Å². The van der Waals surface area contributed by atoms with Crippen molar-refractivity contribution < 1.29 is 9.90 Å². The monoisotopic (exact) mass is 376 g/mol. The first kappa shape index (κ1) is 21.7. The van der Waals surface area contributed by atoms with Crippen LogP contribution in [0.15, 0.2) is 77.4 Å². The van der Waals surface area contributed by atoms with E-state index in [0.717, 1.165) is 11.1 Å². The summed E-state index contributed by atoms with van der Waals surface area (Å²) in [5, 5.41) is 8.86. The van der Waals surface area contributed by atoms with Gasteiger partial charge in [-0.25, -0.2) is 4.79 Å². The van der Waals surface area contributed by atoms with Crippen molar-refractivity contribution in [3.8, 4) is 0 Å². The molecule has 1 N–H and O–H groups in total. The van der Waals surface area contributed by atoms with Crippen LogP contribution in [0.5, 0.6) is 0 Å². The predicted molar refractivity (Wildman–Crippen MR) is 119 cm³/mol. The molecule has 0 amide bonds. The normalized spacial score (nSPS) is 18.3. The van der Waals surface area contributed by atoms with Gasteiger partial charge in [0.05, 0.1) is 0 Å². The number of carboxylic acids is 1. The zero-order chi connectivity index (χ0) is 20.7. The number of hydrogen-bond acceptors (Lipinski definition) is 1. The second-order valence-electron chi connectivity index (χ2n) is 8.34. The van der Waals surface area contributed by atoms with Crippen LogP contribution in [-0.2, 0) is 4.79 Å². The van der Waals surface area contributed by atoms with E-state index in [-0.39, 0.29) is 5.41 Å². The van der Waals surface area contributed by atoms with Crippen LogP contribution in [0.2, 0.25) is 0 Å². The second-order valence-corrected chi connectivity index (χ2v) is 8.34. The standard InChI is InChI=1S/C26H32O2/c1-19-11-13-23(14-12-19)22(10-6-8-20(2)18-25(27)28)15-16-24-21(3)9-7-17-26(24,4)5/h6,8,10-16,18H,7,9,17H2,1-5H3,(H,27,28)/b8-6+,16-15+,20-18+,22-10-. The highest BCUT2D eigenvalue weighted by Gasteiger charge is 2.26. The highest BCUT2D eigenvalue weighted by atomic mass is 16.4. The van der Waals surface area contributed by atoms with E-state index in [0.29, 0.717) is 5.57 Å². The van der Waals surface area contributed by atoms with Crippen LogP contribution < -0.4 is 0 Å². The van der Waals surface area contributed by atoms with E-state index in [9.17, 15) is 4.79 Å². The van der Waals surface area contributed by atoms with Gasteiger partial charge in [0.1, 0.15) is 0 Å². The van der Waals surface area contributed by atoms with Crippen molar-refractivity contribution in [3.63, 3.8) is 0 Å². The molecule has 0 unspecified atom stereocenters. The summed E-state index contributed by atoms with van der Waals surface area (Å²) in [7, 11) is 0. The average molecular weight is 377 g/mol. The van der Waals surface area contributed by atoms with E-state index in [4.69, 9.17) is 5.11 Å². The molecule has 28 heavy (non-hydrogen) atoms. The molecule has 0 atom stereocenters. The van der Waals surface area contributed by atoms with Crippen molar-refractivity contribution in [1.82, 2.24) is 0 Å². The van der Waals surface area contributed by atoms with E-state index < -0.39 is 5.97 Å². The SMILES string of the molecule is CC1=C(/C=C/C(=C/C=C/C(C)=C/C(=O)O)c2ccc(C)cc2)C(C)(C)CCC1. The molecular formula is C26H32O2. The summed E-state index contributed by atoms with van der Waals surface area (Å²) in [6, 6.07) is 8.50. The third-order valence-corrected chi connectivity index (χ3v) is 5.34.